The van der Waals surface area contributed by atoms with Gasteiger partial charge in [0.25, 0.3) is 0 Å². The number of nitrogens with two attached hydrogens (primary N) is 1. The smallest absolute Gasteiger partial charge is 0.379 e. The van der Waals surface area contributed by atoms with Crippen molar-refractivity contribution in [1.29, 1.82) is 0 Å². The van der Waals surface area contributed by atoms with Crippen molar-refractivity contribution in [3.8, 4) is 0 Å². The first-order valence-electron chi connectivity index (χ1n) is 5.70. The Morgan fingerprint density at radius 3 is 1.88 bits per heavy atom. The summed E-state index contributed by atoms with van der Waals surface area (Å²) in [7, 11) is 0. The topological polar surface area (TPSA) is 46.2 Å². The fourth-order valence-corrected chi connectivity index (χ4v) is 2.85. The molecule has 16 heavy (non-hydrogen) atoms. The Morgan fingerprint density at radius 1 is 1.12 bits per heavy atom. The highest BCUT2D eigenvalue weighted by Crippen LogP contribution is 2.45. The third-order valence-corrected chi connectivity index (χ3v) is 3.66. The monoisotopic (exact) mass is 239 g/mol. The van der Waals surface area contributed by atoms with Crippen LogP contribution in [0.15, 0.2) is 0 Å². The van der Waals surface area contributed by atoms with Gasteiger partial charge in [0.05, 0.1) is 0 Å². The molecule has 3 N–H and O–H groups in total. The van der Waals surface area contributed by atoms with Crippen molar-refractivity contribution >= 4 is 0 Å². The van der Waals surface area contributed by atoms with Gasteiger partial charge in [0.2, 0.25) is 0 Å². The molecule has 1 saturated carbocycles. The maximum atomic E-state index is 12.8. The zero-order valence-corrected chi connectivity index (χ0v) is 9.72. The second kappa shape index (κ2) is 4.53. The van der Waals surface area contributed by atoms with E-state index >= 15 is 0 Å². The van der Waals surface area contributed by atoms with Gasteiger partial charge in [0.1, 0.15) is 0 Å². The normalized spacial score (nSPS) is 35.8. The van der Waals surface area contributed by atoms with E-state index in [9.17, 15) is 18.3 Å². The molecule has 1 aliphatic carbocycles. The predicted octanol–water partition coefficient (Wildman–Crippen LogP) is 2.31. The van der Waals surface area contributed by atoms with Crippen LogP contribution in [0, 0.1) is 17.8 Å². The van der Waals surface area contributed by atoms with Crippen molar-refractivity contribution in [2.45, 2.75) is 44.9 Å². The minimum atomic E-state index is -4.64. The number of rotatable bonds is 2. The van der Waals surface area contributed by atoms with E-state index in [0.29, 0.717) is 12.8 Å². The molecule has 0 aromatic carbocycles. The van der Waals surface area contributed by atoms with Crippen molar-refractivity contribution < 1.29 is 18.3 Å². The Balaban J connectivity index is 2.88. The Bertz CT molecular complexity index is 234. The summed E-state index contributed by atoms with van der Waals surface area (Å²) in [4.78, 5) is 0. The van der Waals surface area contributed by atoms with Gasteiger partial charge < -0.3 is 10.8 Å². The van der Waals surface area contributed by atoms with Crippen LogP contribution in [0.3, 0.4) is 0 Å². The van der Waals surface area contributed by atoms with Gasteiger partial charge in [-0.25, -0.2) is 0 Å². The lowest BCUT2D eigenvalue weighted by Gasteiger charge is -2.42. The molecule has 0 bridgehead atoms. The molecule has 0 radical (unpaired) electrons. The van der Waals surface area contributed by atoms with Gasteiger partial charge in [-0.3, -0.25) is 0 Å². The number of hydrogen-bond donors (Lipinski definition) is 2. The van der Waals surface area contributed by atoms with E-state index in [4.69, 9.17) is 5.73 Å². The molecule has 2 nitrogen and oxygen atoms in total. The van der Waals surface area contributed by atoms with Crippen LogP contribution >= 0.6 is 0 Å². The number of aliphatic hydroxyl groups is 1. The van der Waals surface area contributed by atoms with E-state index in [1.807, 2.05) is 13.8 Å². The van der Waals surface area contributed by atoms with E-state index in [1.54, 1.807) is 0 Å². The van der Waals surface area contributed by atoms with Gasteiger partial charge in [-0.2, -0.15) is 13.2 Å². The summed E-state index contributed by atoms with van der Waals surface area (Å²) in [5.74, 6) is -0.334. The van der Waals surface area contributed by atoms with Crippen LogP contribution < -0.4 is 5.73 Å². The zero-order valence-electron chi connectivity index (χ0n) is 9.72. The van der Waals surface area contributed by atoms with Crippen LogP contribution in [0.4, 0.5) is 13.2 Å². The number of alkyl halides is 3. The van der Waals surface area contributed by atoms with Gasteiger partial charge in [-0.05, 0) is 37.0 Å². The van der Waals surface area contributed by atoms with Crippen molar-refractivity contribution in [2.24, 2.45) is 23.5 Å². The molecular weight excluding hydrogens is 219 g/mol. The summed E-state index contributed by atoms with van der Waals surface area (Å²) < 4.78 is 38.4. The molecule has 1 aliphatic rings. The summed E-state index contributed by atoms with van der Waals surface area (Å²) >= 11 is 0. The largest absolute Gasteiger partial charge is 0.418 e. The van der Waals surface area contributed by atoms with Gasteiger partial charge >= 0.3 is 6.18 Å². The molecular formula is C11H20F3NO. The molecule has 0 aromatic rings. The summed E-state index contributed by atoms with van der Waals surface area (Å²) in [6.07, 6.45) is -2.91. The first kappa shape index (κ1) is 13.8. The first-order chi connectivity index (χ1) is 7.20. The van der Waals surface area contributed by atoms with Gasteiger partial charge in [-0.1, -0.05) is 13.8 Å². The predicted molar refractivity (Wildman–Crippen MR) is 55.7 cm³/mol. The van der Waals surface area contributed by atoms with Crippen LogP contribution in [0.1, 0.15) is 33.1 Å². The highest BCUT2D eigenvalue weighted by atomic mass is 19.4. The van der Waals surface area contributed by atoms with Gasteiger partial charge in [0.15, 0.2) is 5.60 Å². The van der Waals surface area contributed by atoms with Crippen LogP contribution in [-0.4, -0.2) is 23.4 Å². The molecule has 0 amide bonds. The van der Waals surface area contributed by atoms with Crippen molar-refractivity contribution in [1.82, 2.24) is 0 Å². The first-order valence-corrected chi connectivity index (χ1v) is 5.70. The van der Waals surface area contributed by atoms with E-state index in [2.05, 4.69) is 0 Å². The molecule has 0 heterocycles. The molecule has 3 atom stereocenters. The SMILES string of the molecule is CC1CC(C)CC(C(O)(CN)C(F)(F)F)C1. The molecule has 96 valence electrons. The van der Waals surface area contributed by atoms with Gasteiger partial charge in [-0.15, -0.1) is 0 Å². The molecule has 0 spiro atoms. The molecule has 0 aromatic heterocycles. The lowest BCUT2D eigenvalue weighted by Crippen LogP contribution is -2.57. The summed E-state index contributed by atoms with van der Waals surface area (Å²) in [6.45, 7) is 3.10. The molecule has 1 fully saturated rings. The third-order valence-electron chi connectivity index (χ3n) is 3.66. The Kier molecular flexibility index (Phi) is 3.90. The minimum Gasteiger partial charge on any atom is -0.379 e. The standard InChI is InChI=1S/C11H20F3NO/c1-7-3-8(2)5-9(4-7)10(16,6-15)11(12,13)14/h7-9,16H,3-6,15H2,1-2H3. The maximum absolute atomic E-state index is 12.8. The van der Waals surface area contributed by atoms with E-state index in [0.717, 1.165) is 6.42 Å². The van der Waals surface area contributed by atoms with Crippen LogP contribution in [0.25, 0.3) is 0 Å². The van der Waals surface area contributed by atoms with Gasteiger partial charge in [0, 0.05) is 6.54 Å². The average molecular weight is 239 g/mol. The highest BCUT2D eigenvalue weighted by molar-refractivity contribution is 4.97. The molecule has 3 unspecified atom stereocenters. The average Bonchev–Trinajstić information content (AvgIpc) is 2.13. The highest BCUT2D eigenvalue weighted by Gasteiger charge is 2.58. The van der Waals surface area contributed by atoms with Crippen molar-refractivity contribution in [3.05, 3.63) is 0 Å². The Morgan fingerprint density at radius 2 is 1.56 bits per heavy atom. The molecule has 5 heteroatoms. The van der Waals surface area contributed by atoms with E-state index < -0.39 is 24.2 Å². The fraction of sp³-hybridized carbons (Fsp3) is 1.00. The second-order valence-corrected chi connectivity index (χ2v) is 5.24. The zero-order chi connectivity index (χ0) is 12.6. The Hall–Kier alpha value is -0.290. The summed E-state index contributed by atoms with van der Waals surface area (Å²) in [6, 6.07) is 0. The van der Waals surface area contributed by atoms with E-state index in [-0.39, 0.29) is 11.8 Å². The van der Waals surface area contributed by atoms with E-state index in [1.165, 1.54) is 0 Å². The number of halogens is 3. The van der Waals surface area contributed by atoms with Crippen molar-refractivity contribution in [3.63, 3.8) is 0 Å². The van der Waals surface area contributed by atoms with Crippen molar-refractivity contribution in [2.75, 3.05) is 6.54 Å². The number of hydrogen-bond acceptors (Lipinski definition) is 2. The Labute approximate surface area is 94.0 Å². The summed E-state index contributed by atoms with van der Waals surface area (Å²) in [5, 5.41) is 9.77. The maximum Gasteiger partial charge on any atom is 0.418 e. The molecule has 0 saturated heterocycles. The lowest BCUT2D eigenvalue weighted by atomic mass is 9.69. The molecule has 1 rings (SSSR count). The summed E-state index contributed by atoms with van der Waals surface area (Å²) in [5.41, 5.74) is 2.43. The van der Waals surface area contributed by atoms with Crippen LogP contribution in [0.5, 0.6) is 0 Å². The lowest BCUT2D eigenvalue weighted by molar-refractivity contribution is -0.280. The van der Waals surface area contributed by atoms with Crippen LogP contribution in [-0.2, 0) is 0 Å². The fourth-order valence-electron chi connectivity index (χ4n) is 2.85. The second-order valence-electron chi connectivity index (χ2n) is 5.24. The third kappa shape index (κ3) is 2.51. The quantitative estimate of drug-likeness (QED) is 0.776. The molecule has 0 aliphatic heterocycles. The van der Waals surface area contributed by atoms with Crippen LogP contribution in [0.2, 0.25) is 0 Å². The minimum absolute atomic E-state index is 0.217.